The number of hydrogen-bond acceptors (Lipinski definition) is 2. The van der Waals surface area contributed by atoms with Gasteiger partial charge in [0.05, 0.1) is 61.2 Å². The van der Waals surface area contributed by atoms with Crippen LogP contribution in [-0.4, -0.2) is 28.2 Å². The van der Waals surface area contributed by atoms with E-state index in [9.17, 15) is 0 Å². The molecule has 0 amide bonds. The van der Waals surface area contributed by atoms with Crippen LogP contribution in [0.2, 0.25) is 0 Å². The molecular weight excluding hydrogens is 997 g/mol. The third-order valence-corrected chi connectivity index (χ3v) is 16.7. The molecule has 6 nitrogen and oxygen atoms in total. The lowest BCUT2D eigenvalue weighted by Crippen LogP contribution is -2.01. The molecular formula is C76H48N6. The van der Waals surface area contributed by atoms with E-state index >= 15 is 0 Å². The van der Waals surface area contributed by atoms with Crippen LogP contribution in [0.15, 0.2) is 291 Å². The fraction of sp³-hybridized carbons (Fsp3) is 0. The van der Waals surface area contributed by atoms with E-state index in [1.807, 2.05) is 12.1 Å². The van der Waals surface area contributed by atoms with Gasteiger partial charge in [0.25, 0.3) is 0 Å². The molecule has 6 heteroatoms. The summed E-state index contributed by atoms with van der Waals surface area (Å²) in [5, 5.41) is 9.72. The Hall–Kier alpha value is -11.1. The van der Waals surface area contributed by atoms with Crippen LogP contribution in [0.3, 0.4) is 0 Å². The second-order valence-electron chi connectivity index (χ2n) is 21.3. The SMILES string of the molecule is c1ccc(-c2cc(-c3ccc(-n4c5ccccc5c5cc6c7ccccc7n(-c7ccccc7)c6cc54)c(-c4cccc(-n5c6ccccc6c6cc7c8ccccc8n(-c8ccccc8)c7cc65)c4)c3)nc(-c3ccccc3)n2)cc1. The number of aromatic nitrogens is 6. The van der Waals surface area contributed by atoms with Gasteiger partial charge < -0.3 is 18.3 Å². The zero-order valence-electron chi connectivity index (χ0n) is 44.4. The summed E-state index contributed by atoms with van der Waals surface area (Å²) >= 11 is 0. The first kappa shape index (κ1) is 45.9. The van der Waals surface area contributed by atoms with Gasteiger partial charge in [-0.2, -0.15) is 0 Å². The second kappa shape index (κ2) is 18.2. The van der Waals surface area contributed by atoms with E-state index in [0.717, 1.165) is 95.1 Å². The van der Waals surface area contributed by atoms with Crippen LogP contribution in [-0.2, 0) is 0 Å². The van der Waals surface area contributed by atoms with Gasteiger partial charge in [-0.3, -0.25) is 0 Å². The minimum atomic E-state index is 0.677. The summed E-state index contributed by atoms with van der Waals surface area (Å²) in [7, 11) is 0. The van der Waals surface area contributed by atoms with Crippen molar-refractivity contribution in [2.75, 3.05) is 0 Å². The van der Waals surface area contributed by atoms with Crippen molar-refractivity contribution >= 4 is 87.2 Å². The van der Waals surface area contributed by atoms with Crippen LogP contribution in [0.1, 0.15) is 0 Å². The molecule has 0 saturated heterocycles. The first-order valence-electron chi connectivity index (χ1n) is 28.0. The average molecular weight is 1050 g/mol. The first-order chi connectivity index (χ1) is 40.7. The fourth-order valence-electron chi connectivity index (χ4n) is 13.1. The van der Waals surface area contributed by atoms with E-state index in [2.05, 4.69) is 297 Å². The van der Waals surface area contributed by atoms with E-state index in [4.69, 9.17) is 9.97 Å². The fourth-order valence-corrected chi connectivity index (χ4v) is 13.1. The lowest BCUT2D eigenvalue weighted by Gasteiger charge is -2.18. The molecule has 0 fully saturated rings. The van der Waals surface area contributed by atoms with Crippen molar-refractivity contribution in [2.24, 2.45) is 0 Å². The average Bonchev–Trinajstić information content (AvgIpc) is 2.90. The molecule has 0 aliphatic rings. The van der Waals surface area contributed by atoms with Gasteiger partial charge in [0.1, 0.15) is 0 Å². The van der Waals surface area contributed by atoms with E-state index in [1.165, 1.54) is 54.1 Å². The molecule has 0 aliphatic carbocycles. The molecule has 17 aromatic rings. The Bertz CT molecular complexity index is 5320. The zero-order valence-corrected chi connectivity index (χ0v) is 44.4. The van der Waals surface area contributed by atoms with Crippen molar-refractivity contribution in [3.63, 3.8) is 0 Å². The van der Waals surface area contributed by atoms with Crippen molar-refractivity contribution in [3.8, 4) is 67.8 Å². The van der Waals surface area contributed by atoms with Crippen molar-refractivity contribution in [2.45, 2.75) is 0 Å². The Balaban J connectivity index is 0.944. The topological polar surface area (TPSA) is 45.5 Å². The maximum Gasteiger partial charge on any atom is 0.160 e. The van der Waals surface area contributed by atoms with Gasteiger partial charge in [-0.1, -0.05) is 188 Å². The molecule has 0 spiro atoms. The standard InChI is InChI=1S/C76H48N6/c1-5-22-49(23-6-1)65-46-66(78-76(77-65)50-24-7-2-8-25-50)52-40-41-71(82-70-39-20-16-35-59(70)64-45-62-57-33-14-18-37-68(57)80(73(62)48-75(64)82)54-29-11-4-12-30-54)60(43-52)51-26-21-31-55(42-51)81-69-38-19-15-34-58(69)63-44-61-56-32-13-17-36-67(56)79(72(61)47-74(63)81)53-27-9-3-10-28-53/h1-48H. The lowest BCUT2D eigenvalue weighted by molar-refractivity contribution is 1.16. The van der Waals surface area contributed by atoms with Gasteiger partial charge in [-0.05, 0) is 109 Å². The molecule has 0 bridgehead atoms. The van der Waals surface area contributed by atoms with Crippen LogP contribution in [0, 0.1) is 0 Å². The van der Waals surface area contributed by atoms with Gasteiger partial charge >= 0.3 is 0 Å². The maximum absolute atomic E-state index is 5.39. The molecule has 82 heavy (non-hydrogen) atoms. The molecule has 0 saturated carbocycles. The third kappa shape index (κ3) is 7.08. The number of fused-ring (bicyclic) bond motifs is 12. The molecule has 12 aromatic carbocycles. The smallest absolute Gasteiger partial charge is 0.160 e. The van der Waals surface area contributed by atoms with Gasteiger partial charge in [-0.25, -0.2) is 9.97 Å². The van der Waals surface area contributed by atoms with Crippen LogP contribution in [0.4, 0.5) is 0 Å². The van der Waals surface area contributed by atoms with Gasteiger partial charge in [0.15, 0.2) is 5.82 Å². The summed E-state index contributed by atoms with van der Waals surface area (Å²) in [5.74, 6) is 0.677. The predicted octanol–water partition coefficient (Wildman–Crippen LogP) is 19.5. The number of benzene rings is 12. The molecule has 0 unspecified atom stereocenters. The van der Waals surface area contributed by atoms with E-state index in [1.54, 1.807) is 0 Å². The molecule has 0 aliphatic heterocycles. The van der Waals surface area contributed by atoms with Gasteiger partial charge in [0, 0.05) is 82.4 Å². The monoisotopic (exact) mass is 1040 g/mol. The summed E-state index contributed by atoms with van der Waals surface area (Å²) in [6, 6.07) is 105. The summed E-state index contributed by atoms with van der Waals surface area (Å²) in [5.41, 5.74) is 20.4. The Labute approximate surface area is 471 Å². The highest BCUT2D eigenvalue weighted by Gasteiger charge is 2.23. The normalized spacial score (nSPS) is 11.9. The summed E-state index contributed by atoms with van der Waals surface area (Å²) in [4.78, 5) is 10.6. The Morgan fingerprint density at radius 1 is 0.207 bits per heavy atom. The number of rotatable bonds is 8. The van der Waals surface area contributed by atoms with Crippen LogP contribution in [0.25, 0.3) is 155 Å². The van der Waals surface area contributed by atoms with Crippen LogP contribution >= 0.6 is 0 Å². The highest BCUT2D eigenvalue weighted by molar-refractivity contribution is 6.21. The molecule has 382 valence electrons. The van der Waals surface area contributed by atoms with Crippen molar-refractivity contribution in [1.29, 1.82) is 0 Å². The van der Waals surface area contributed by atoms with E-state index in [-0.39, 0.29) is 0 Å². The van der Waals surface area contributed by atoms with E-state index < -0.39 is 0 Å². The van der Waals surface area contributed by atoms with Gasteiger partial charge in [-0.15, -0.1) is 0 Å². The quantitative estimate of drug-likeness (QED) is 0.152. The highest BCUT2D eigenvalue weighted by atomic mass is 15.0. The Morgan fingerprint density at radius 2 is 0.585 bits per heavy atom. The number of nitrogens with zero attached hydrogens (tertiary/aromatic N) is 6. The molecule has 5 heterocycles. The third-order valence-electron chi connectivity index (χ3n) is 16.7. The Morgan fingerprint density at radius 3 is 1.09 bits per heavy atom. The highest BCUT2D eigenvalue weighted by Crippen LogP contribution is 2.45. The molecule has 0 atom stereocenters. The molecule has 5 aromatic heterocycles. The van der Waals surface area contributed by atoms with Crippen molar-refractivity contribution < 1.29 is 0 Å². The largest absolute Gasteiger partial charge is 0.309 e. The lowest BCUT2D eigenvalue weighted by atomic mass is 9.97. The minimum absolute atomic E-state index is 0.677. The zero-order chi connectivity index (χ0) is 53.8. The first-order valence-corrected chi connectivity index (χ1v) is 28.0. The number of hydrogen-bond donors (Lipinski definition) is 0. The second-order valence-corrected chi connectivity index (χ2v) is 21.3. The summed E-state index contributed by atoms with van der Waals surface area (Å²) in [6.07, 6.45) is 0. The van der Waals surface area contributed by atoms with E-state index in [0.29, 0.717) is 5.82 Å². The number of para-hydroxylation sites is 6. The van der Waals surface area contributed by atoms with Crippen molar-refractivity contribution in [3.05, 3.63) is 291 Å². The summed E-state index contributed by atoms with van der Waals surface area (Å²) < 4.78 is 9.79. The van der Waals surface area contributed by atoms with Crippen LogP contribution in [0.5, 0.6) is 0 Å². The maximum atomic E-state index is 5.39. The Kier molecular flexibility index (Phi) is 10.2. The molecule has 17 rings (SSSR count). The minimum Gasteiger partial charge on any atom is -0.309 e. The van der Waals surface area contributed by atoms with Gasteiger partial charge in [0.2, 0.25) is 0 Å². The van der Waals surface area contributed by atoms with Crippen LogP contribution < -0.4 is 0 Å². The van der Waals surface area contributed by atoms with Crippen molar-refractivity contribution in [1.82, 2.24) is 28.2 Å². The summed E-state index contributed by atoms with van der Waals surface area (Å²) in [6.45, 7) is 0. The molecule has 0 radical (unpaired) electrons. The molecule has 0 N–H and O–H groups in total. The predicted molar refractivity (Wildman–Crippen MR) is 341 cm³/mol.